The highest BCUT2D eigenvalue weighted by atomic mass is 16.8. The molecule has 0 aromatic carbocycles. The lowest BCUT2D eigenvalue weighted by Gasteiger charge is -2.46. The monoisotopic (exact) mass is 532 g/mol. The van der Waals surface area contributed by atoms with Crippen LogP contribution in [0.15, 0.2) is 0 Å². The van der Waals surface area contributed by atoms with E-state index < -0.39 is 91.1 Å². The molecule has 37 heavy (non-hydrogen) atoms. The summed E-state index contributed by atoms with van der Waals surface area (Å²) < 4.78 is 57.4. The molecule has 0 unspecified atom stereocenters. The van der Waals surface area contributed by atoms with E-state index >= 15 is 0 Å². The van der Waals surface area contributed by atoms with Crippen LogP contribution in [0.3, 0.4) is 0 Å². The van der Waals surface area contributed by atoms with Crippen molar-refractivity contribution in [3.05, 3.63) is 0 Å². The lowest BCUT2D eigenvalue weighted by atomic mass is 9.97. The van der Waals surface area contributed by atoms with E-state index in [1.165, 1.54) is 6.92 Å². The maximum Gasteiger partial charge on any atom is 0.303 e. The van der Waals surface area contributed by atoms with E-state index in [4.69, 9.17) is 47.4 Å². The van der Waals surface area contributed by atoms with Crippen molar-refractivity contribution in [2.75, 3.05) is 13.2 Å². The van der Waals surface area contributed by atoms with Crippen LogP contribution in [0.1, 0.15) is 41.5 Å². The molecule has 0 aromatic heterocycles. The van der Waals surface area contributed by atoms with Gasteiger partial charge in [-0.3, -0.25) is 19.2 Å². The first-order chi connectivity index (χ1) is 17.3. The molecule has 0 radical (unpaired) electrons. The summed E-state index contributed by atoms with van der Waals surface area (Å²) in [5.41, 5.74) is 0. The third kappa shape index (κ3) is 6.21. The molecule has 4 rings (SSSR count). The van der Waals surface area contributed by atoms with Gasteiger partial charge in [-0.2, -0.15) is 0 Å². The fourth-order valence-corrected chi connectivity index (χ4v) is 4.90. The minimum atomic E-state index is -1.38. The van der Waals surface area contributed by atoms with Crippen LogP contribution in [0, 0.1) is 0 Å². The molecule has 14 heteroatoms. The minimum Gasteiger partial charge on any atom is -0.463 e. The van der Waals surface area contributed by atoms with E-state index in [2.05, 4.69) is 0 Å². The summed E-state index contributed by atoms with van der Waals surface area (Å²) in [5, 5.41) is 0. The number of hydrogen-bond acceptors (Lipinski definition) is 14. The molecule has 4 aliphatic rings. The van der Waals surface area contributed by atoms with Gasteiger partial charge >= 0.3 is 23.9 Å². The average molecular weight is 532 g/mol. The molecule has 4 fully saturated rings. The molecule has 2 bridgehead atoms. The van der Waals surface area contributed by atoms with E-state index in [9.17, 15) is 19.2 Å². The second-order valence-electron chi connectivity index (χ2n) is 9.61. The van der Waals surface area contributed by atoms with Crippen LogP contribution in [0.2, 0.25) is 0 Å². The highest BCUT2D eigenvalue weighted by molar-refractivity contribution is 5.68. The number of carbonyl (C=O) groups is 4. The minimum absolute atomic E-state index is 0.181. The largest absolute Gasteiger partial charge is 0.463 e. The Balaban J connectivity index is 1.66. The summed E-state index contributed by atoms with van der Waals surface area (Å²) in [7, 11) is 0. The SMILES string of the molecule is CC(=O)OC[C@H]1O[C@H](O[C@H]2[C@@H]3OC(C)(C)O[C@@H]3[C@@H]3OC[C@H]2O3)[C@@H](OC(C)=O)[C@@H](OC(C)=O)[C@@H]1OC(C)=O. The van der Waals surface area contributed by atoms with E-state index in [1.807, 2.05) is 0 Å². The van der Waals surface area contributed by atoms with Crippen molar-refractivity contribution in [3.63, 3.8) is 0 Å². The van der Waals surface area contributed by atoms with E-state index in [0.29, 0.717) is 0 Å². The van der Waals surface area contributed by atoms with Crippen molar-refractivity contribution < 1.29 is 66.5 Å². The smallest absolute Gasteiger partial charge is 0.303 e. The standard InChI is InChI=1S/C23H32O14/c1-9(24)28-7-13-15(30-10(2)25)17(31-11(3)26)19(32-12(4)27)22(34-13)35-16-14-8-29-21(33-14)20-18(16)36-23(5,6)37-20/h13-22H,7-8H2,1-6H3/t13-,14-,15-,16-,17+,18+,19+,20+,21-,22-/m1/s1. The van der Waals surface area contributed by atoms with E-state index in [-0.39, 0.29) is 13.2 Å². The third-order valence-corrected chi connectivity index (χ3v) is 6.10. The molecule has 4 aliphatic heterocycles. The molecule has 0 N–H and O–H groups in total. The van der Waals surface area contributed by atoms with Gasteiger partial charge in [0.05, 0.1) is 6.61 Å². The van der Waals surface area contributed by atoms with Gasteiger partial charge in [-0.25, -0.2) is 0 Å². The number of fused-ring (bicyclic) bond motifs is 4. The van der Waals surface area contributed by atoms with Crippen LogP contribution in [-0.4, -0.2) is 104 Å². The summed E-state index contributed by atoms with van der Waals surface area (Å²) >= 11 is 0. The molecule has 4 saturated heterocycles. The second kappa shape index (κ2) is 10.8. The maximum absolute atomic E-state index is 12.1. The number of carbonyl (C=O) groups excluding carboxylic acids is 4. The number of hydrogen-bond donors (Lipinski definition) is 0. The van der Waals surface area contributed by atoms with Gasteiger partial charge in [0.15, 0.2) is 36.7 Å². The first-order valence-corrected chi connectivity index (χ1v) is 11.9. The molecule has 10 atom stereocenters. The molecule has 0 aliphatic carbocycles. The Morgan fingerprint density at radius 1 is 0.757 bits per heavy atom. The molecule has 0 spiro atoms. The van der Waals surface area contributed by atoms with Crippen molar-refractivity contribution in [1.29, 1.82) is 0 Å². The van der Waals surface area contributed by atoms with Gasteiger partial charge in [0, 0.05) is 27.7 Å². The topological polar surface area (TPSA) is 161 Å². The Kier molecular flexibility index (Phi) is 8.07. The van der Waals surface area contributed by atoms with Crippen molar-refractivity contribution in [1.82, 2.24) is 0 Å². The lowest BCUT2D eigenvalue weighted by molar-refractivity contribution is -0.335. The highest BCUT2D eigenvalue weighted by Crippen LogP contribution is 2.43. The van der Waals surface area contributed by atoms with Crippen LogP contribution < -0.4 is 0 Å². The fourth-order valence-electron chi connectivity index (χ4n) is 4.90. The highest BCUT2D eigenvalue weighted by Gasteiger charge is 2.61. The van der Waals surface area contributed by atoms with Gasteiger partial charge in [-0.1, -0.05) is 0 Å². The van der Waals surface area contributed by atoms with Crippen LogP contribution >= 0.6 is 0 Å². The molecular formula is C23H32O14. The molecule has 208 valence electrons. The van der Waals surface area contributed by atoms with E-state index in [1.54, 1.807) is 13.8 Å². The molecular weight excluding hydrogens is 500 g/mol. The van der Waals surface area contributed by atoms with Crippen molar-refractivity contribution >= 4 is 23.9 Å². The Labute approximate surface area is 213 Å². The fraction of sp³-hybridized carbons (Fsp3) is 0.826. The van der Waals surface area contributed by atoms with Gasteiger partial charge in [-0.15, -0.1) is 0 Å². The number of rotatable bonds is 7. The Morgan fingerprint density at radius 3 is 1.97 bits per heavy atom. The lowest BCUT2D eigenvalue weighted by Crippen LogP contribution is -2.65. The summed E-state index contributed by atoms with van der Waals surface area (Å²) in [4.78, 5) is 47.5. The van der Waals surface area contributed by atoms with E-state index in [0.717, 1.165) is 20.8 Å². The summed E-state index contributed by atoms with van der Waals surface area (Å²) in [5.74, 6) is -3.77. The van der Waals surface area contributed by atoms with Gasteiger partial charge in [-0.05, 0) is 13.8 Å². The van der Waals surface area contributed by atoms with Crippen LogP contribution in [0.4, 0.5) is 0 Å². The quantitative estimate of drug-likeness (QED) is 0.311. The Morgan fingerprint density at radius 2 is 1.35 bits per heavy atom. The van der Waals surface area contributed by atoms with Gasteiger partial charge in [0.25, 0.3) is 0 Å². The van der Waals surface area contributed by atoms with Gasteiger partial charge in [0.2, 0.25) is 0 Å². The van der Waals surface area contributed by atoms with Crippen LogP contribution in [-0.2, 0) is 66.5 Å². The molecule has 14 nitrogen and oxygen atoms in total. The predicted octanol–water partition coefficient (Wildman–Crippen LogP) is -0.270. The zero-order chi connectivity index (χ0) is 27.1. The van der Waals surface area contributed by atoms with Gasteiger partial charge < -0.3 is 47.4 Å². The van der Waals surface area contributed by atoms with Crippen molar-refractivity contribution in [2.24, 2.45) is 0 Å². The first kappa shape index (κ1) is 27.7. The number of ether oxygens (including phenoxy) is 10. The third-order valence-electron chi connectivity index (χ3n) is 6.10. The summed E-state index contributed by atoms with van der Waals surface area (Å²) in [6, 6.07) is 0. The molecule has 0 aromatic rings. The van der Waals surface area contributed by atoms with Crippen molar-refractivity contribution in [2.45, 2.75) is 109 Å². The summed E-state index contributed by atoms with van der Waals surface area (Å²) in [6.45, 7) is 7.93. The molecule has 0 saturated carbocycles. The zero-order valence-corrected chi connectivity index (χ0v) is 21.4. The predicted molar refractivity (Wildman–Crippen MR) is 115 cm³/mol. The van der Waals surface area contributed by atoms with Crippen molar-refractivity contribution in [3.8, 4) is 0 Å². The summed E-state index contributed by atoms with van der Waals surface area (Å²) in [6.07, 6.45) is -9.79. The van der Waals surface area contributed by atoms with Crippen LogP contribution in [0.25, 0.3) is 0 Å². The van der Waals surface area contributed by atoms with Crippen LogP contribution in [0.5, 0.6) is 0 Å². The first-order valence-electron chi connectivity index (χ1n) is 11.9. The van der Waals surface area contributed by atoms with Gasteiger partial charge in [0.1, 0.15) is 37.1 Å². The molecule has 0 amide bonds. The Bertz CT molecular complexity index is 904. The number of esters is 4. The molecule has 4 heterocycles. The Hall–Kier alpha value is -2.36. The normalized spacial score (nSPS) is 39.8. The second-order valence-corrected chi connectivity index (χ2v) is 9.61. The zero-order valence-electron chi connectivity index (χ0n) is 21.4. The maximum atomic E-state index is 12.1. The average Bonchev–Trinajstić information content (AvgIpc) is 3.35.